The average Bonchev–Trinajstić information content (AvgIpc) is 3.17. The first-order valence-corrected chi connectivity index (χ1v) is 9.15. The zero-order valence-electron chi connectivity index (χ0n) is 15.0. The number of benzene rings is 2. The largest absolute Gasteiger partial charge is 0.482 e. The zero-order chi connectivity index (χ0) is 21.7. The van der Waals surface area contributed by atoms with E-state index in [0.29, 0.717) is 10.0 Å². The molecule has 0 saturated carbocycles. The first-order chi connectivity index (χ1) is 14.2. The van der Waals surface area contributed by atoms with Gasteiger partial charge in [-0.3, -0.25) is 4.79 Å². The molecule has 0 saturated heterocycles. The summed E-state index contributed by atoms with van der Waals surface area (Å²) in [6.07, 6.45) is -3.24. The molecule has 1 amide bonds. The van der Waals surface area contributed by atoms with Gasteiger partial charge in [-0.25, -0.2) is 5.43 Å². The summed E-state index contributed by atoms with van der Waals surface area (Å²) < 4.78 is 49.2. The third kappa shape index (κ3) is 5.77. The Kier molecular flexibility index (Phi) is 6.69. The number of amides is 1. The summed E-state index contributed by atoms with van der Waals surface area (Å²) in [6.45, 7) is -0.356. The minimum Gasteiger partial charge on any atom is -0.482 e. The van der Waals surface area contributed by atoms with Crippen molar-refractivity contribution >= 4 is 35.3 Å². The Hall–Kier alpha value is -2.97. The summed E-state index contributed by atoms with van der Waals surface area (Å²) in [4.78, 5) is 11.8. The van der Waals surface area contributed by atoms with Gasteiger partial charge in [-0.2, -0.15) is 18.3 Å². The number of nitrogens with one attached hydrogen (secondary N) is 1. The van der Waals surface area contributed by atoms with Crippen LogP contribution in [0.5, 0.6) is 5.75 Å². The lowest BCUT2D eigenvalue weighted by Gasteiger charge is -2.07. The topological polar surface area (TPSA) is 63.8 Å². The number of halogens is 5. The molecule has 0 fully saturated rings. The quantitative estimate of drug-likeness (QED) is 0.376. The molecular weight excluding hydrogens is 444 g/mol. The Morgan fingerprint density at radius 1 is 1.13 bits per heavy atom. The summed E-state index contributed by atoms with van der Waals surface area (Å²) >= 11 is 11.8. The predicted octanol–water partition coefficient (Wildman–Crippen LogP) is 5.80. The highest BCUT2D eigenvalue weighted by molar-refractivity contribution is 6.34. The van der Waals surface area contributed by atoms with Crippen LogP contribution in [0.25, 0.3) is 11.3 Å². The summed E-state index contributed by atoms with van der Waals surface area (Å²) in [5.74, 6) is 0.154. The van der Waals surface area contributed by atoms with Crippen LogP contribution in [0.15, 0.2) is 64.1 Å². The van der Waals surface area contributed by atoms with Gasteiger partial charge in [0.25, 0.3) is 5.91 Å². The number of carbonyl (C=O) groups excluding carboxylic acids is 1. The monoisotopic (exact) mass is 456 g/mol. The van der Waals surface area contributed by atoms with E-state index in [1.807, 2.05) is 0 Å². The van der Waals surface area contributed by atoms with Crippen molar-refractivity contribution in [1.82, 2.24) is 5.43 Å². The minimum atomic E-state index is -4.45. The molecule has 1 heterocycles. The molecule has 2 aromatic carbocycles. The summed E-state index contributed by atoms with van der Waals surface area (Å²) in [5.41, 5.74) is 1.72. The summed E-state index contributed by atoms with van der Waals surface area (Å²) in [7, 11) is 0. The molecule has 0 spiro atoms. The van der Waals surface area contributed by atoms with E-state index in [1.165, 1.54) is 42.6 Å². The van der Waals surface area contributed by atoms with E-state index in [-0.39, 0.29) is 29.4 Å². The maximum atomic E-state index is 12.8. The molecule has 5 nitrogen and oxygen atoms in total. The molecule has 3 rings (SSSR count). The van der Waals surface area contributed by atoms with Crippen molar-refractivity contribution in [2.24, 2.45) is 5.10 Å². The van der Waals surface area contributed by atoms with Gasteiger partial charge in [0.2, 0.25) is 0 Å². The highest BCUT2D eigenvalue weighted by Crippen LogP contribution is 2.32. The molecule has 10 heteroatoms. The van der Waals surface area contributed by atoms with E-state index in [9.17, 15) is 18.0 Å². The van der Waals surface area contributed by atoms with Crippen LogP contribution in [-0.2, 0) is 11.0 Å². The van der Waals surface area contributed by atoms with Crippen LogP contribution in [0.4, 0.5) is 13.2 Å². The van der Waals surface area contributed by atoms with Crippen LogP contribution in [0.2, 0.25) is 10.0 Å². The molecule has 0 aliphatic heterocycles. The molecular formula is C20H13Cl2F3N2O3. The predicted molar refractivity (Wildman–Crippen MR) is 107 cm³/mol. The lowest BCUT2D eigenvalue weighted by Crippen LogP contribution is -2.24. The molecule has 1 N–H and O–H groups in total. The van der Waals surface area contributed by atoms with Crippen molar-refractivity contribution in [3.05, 3.63) is 76.0 Å². The summed E-state index contributed by atoms with van der Waals surface area (Å²) in [5, 5.41) is 4.42. The highest BCUT2D eigenvalue weighted by Gasteiger charge is 2.30. The number of nitrogens with zero attached hydrogens (tertiary/aromatic N) is 1. The SMILES string of the molecule is O=C(COc1cc(Cl)ccc1Cl)N/N=C\c1ccc(-c2cccc(C(F)(F)F)c2)o1. The maximum Gasteiger partial charge on any atom is 0.416 e. The van der Waals surface area contributed by atoms with Crippen molar-refractivity contribution in [3.63, 3.8) is 0 Å². The third-order valence-electron chi connectivity index (χ3n) is 3.73. The van der Waals surface area contributed by atoms with Crippen LogP contribution in [-0.4, -0.2) is 18.7 Å². The van der Waals surface area contributed by atoms with Crippen molar-refractivity contribution in [2.75, 3.05) is 6.61 Å². The molecule has 1 aromatic heterocycles. The van der Waals surface area contributed by atoms with Crippen molar-refractivity contribution < 1.29 is 27.1 Å². The van der Waals surface area contributed by atoms with Gasteiger partial charge in [-0.05, 0) is 36.4 Å². The van der Waals surface area contributed by atoms with E-state index in [4.69, 9.17) is 32.4 Å². The Labute approximate surface area is 179 Å². The Bertz CT molecular complexity index is 1080. The van der Waals surface area contributed by atoms with Gasteiger partial charge < -0.3 is 9.15 Å². The van der Waals surface area contributed by atoms with E-state index >= 15 is 0 Å². The molecule has 0 atom stereocenters. The van der Waals surface area contributed by atoms with E-state index in [0.717, 1.165) is 12.1 Å². The van der Waals surface area contributed by atoms with Gasteiger partial charge >= 0.3 is 6.18 Å². The molecule has 0 radical (unpaired) electrons. The zero-order valence-corrected chi connectivity index (χ0v) is 16.6. The van der Waals surface area contributed by atoms with E-state index < -0.39 is 17.6 Å². The van der Waals surface area contributed by atoms with Crippen molar-refractivity contribution in [1.29, 1.82) is 0 Å². The number of hydrazone groups is 1. The second-order valence-corrected chi connectivity index (χ2v) is 6.78. The van der Waals surface area contributed by atoms with Gasteiger partial charge in [0.05, 0.1) is 16.8 Å². The standard InChI is InChI=1S/C20H13Cl2F3N2O3/c21-14-4-6-16(22)18(9-14)29-11-19(28)27-26-10-15-5-7-17(30-15)12-2-1-3-13(8-12)20(23,24)25/h1-10H,11H2,(H,27,28)/b26-10-. The maximum absolute atomic E-state index is 12.8. The number of furan rings is 1. The van der Waals surface area contributed by atoms with Crippen molar-refractivity contribution in [2.45, 2.75) is 6.18 Å². The number of hydrogen-bond donors (Lipinski definition) is 1. The number of alkyl halides is 3. The summed E-state index contributed by atoms with van der Waals surface area (Å²) in [6, 6.07) is 12.3. The molecule has 3 aromatic rings. The number of rotatable bonds is 6. The average molecular weight is 457 g/mol. The van der Waals surface area contributed by atoms with E-state index in [2.05, 4.69) is 10.5 Å². The molecule has 156 valence electrons. The van der Waals surface area contributed by atoms with Crippen LogP contribution < -0.4 is 10.2 Å². The number of hydrogen-bond acceptors (Lipinski definition) is 4. The number of carbonyl (C=O) groups is 1. The Morgan fingerprint density at radius 3 is 2.70 bits per heavy atom. The van der Waals surface area contributed by atoms with Gasteiger partial charge in [0.1, 0.15) is 17.3 Å². The van der Waals surface area contributed by atoms with E-state index in [1.54, 1.807) is 6.07 Å². The molecule has 0 unspecified atom stereocenters. The molecule has 0 bridgehead atoms. The number of ether oxygens (including phenoxy) is 1. The fourth-order valence-electron chi connectivity index (χ4n) is 2.36. The van der Waals surface area contributed by atoms with Gasteiger partial charge in [-0.15, -0.1) is 0 Å². The fraction of sp³-hybridized carbons (Fsp3) is 0.100. The minimum absolute atomic E-state index is 0.229. The second kappa shape index (κ2) is 9.23. The van der Waals surface area contributed by atoms with Crippen LogP contribution in [0.3, 0.4) is 0 Å². The van der Waals surface area contributed by atoms with Crippen LogP contribution >= 0.6 is 23.2 Å². The third-order valence-corrected chi connectivity index (χ3v) is 4.28. The van der Waals surface area contributed by atoms with Crippen LogP contribution in [0, 0.1) is 0 Å². The van der Waals surface area contributed by atoms with Gasteiger partial charge in [0, 0.05) is 16.7 Å². The normalized spacial score (nSPS) is 11.6. The van der Waals surface area contributed by atoms with Crippen LogP contribution in [0.1, 0.15) is 11.3 Å². The first kappa shape index (κ1) is 21.7. The smallest absolute Gasteiger partial charge is 0.416 e. The molecule has 0 aliphatic rings. The van der Waals surface area contributed by atoms with Gasteiger partial charge in [-0.1, -0.05) is 35.3 Å². The first-order valence-electron chi connectivity index (χ1n) is 8.39. The fourth-order valence-corrected chi connectivity index (χ4v) is 2.69. The molecule has 0 aliphatic carbocycles. The Balaban J connectivity index is 1.57. The second-order valence-electron chi connectivity index (χ2n) is 5.94. The lowest BCUT2D eigenvalue weighted by molar-refractivity contribution is -0.137. The lowest BCUT2D eigenvalue weighted by atomic mass is 10.1. The van der Waals surface area contributed by atoms with Crippen molar-refractivity contribution in [3.8, 4) is 17.1 Å². The molecule has 30 heavy (non-hydrogen) atoms. The highest BCUT2D eigenvalue weighted by atomic mass is 35.5. The Morgan fingerprint density at radius 2 is 1.93 bits per heavy atom. The van der Waals surface area contributed by atoms with Gasteiger partial charge in [0.15, 0.2) is 6.61 Å².